The van der Waals surface area contributed by atoms with Crippen molar-refractivity contribution in [1.82, 2.24) is 4.57 Å². The second-order valence-corrected chi connectivity index (χ2v) is 7.13. The van der Waals surface area contributed by atoms with Crippen molar-refractivity contribution in [2.75, 3.05) is 12.0 Å². The second-order valence-electron chi connectivity index (χ2n) is 4.99. The third kappa shape index (κ3) is 2.51. The molecule has 0 radical (unpaired) electrons. The number of hydrogen-bond donors (Lipinski definition) is 1. The van der Waals surface area contributed by atoms with E-state index >= 15 is 0 Å². The van der Waals surface area contributed by atoms with Crippen molar-refractivity contribution in [2.45, 2.75) is 25.6 Å². The van der Waals surface area contributed by atoms with Gasteiger partial charge in [-0.15, -0.1) is 0 Å². The first-order valence-corrected chi connectivity index (χ1v) is 7.91. The Morgan fingerprint density at radius 3 is 2.50 bits per heavy atom. The molecule has 1 aromatic carbocycles. The van der Waals surface area contributed by atoms with Gasteiger partial charge in [0.05, 0.1) is 11.3 Å². The molecule has 0 saturated heterocycles. The summed E-state index contributed by atoms with van der Waals surface area (Å²) in [5, 5.41) is 1.02. The highest BCUT2D eigenvalue weighted by Crippen LogP contribution is 2.27. The summed E-state index contributed by atoms with van der Waals surface area (Å²) in [5.41, 5.74) is 8.29. The summed E-state index contributed by atoms with van der Waals surface area (Å²) in [5.74, 6) is 0.0553. The molecular formula is C13H18N2O2S. The first kappa shape index (κ1) is 13.0. The number of nitrogen functional groups attached to an aromatic ring is 1. The van der Waals surface area contributed by atoms with Crippen molar-refractivity contribution in [3.8, 4) is 0 Å². The molecule has 18 heavy (non-hydrogen) atoms. The normalized spacial score (nSPS) is 12.4. The average Bonchev–Trinajstić information content (AvgIpc) is 2.51. The Morgan fingerprint density at radius 2 is 1.94 bits per heavy atom. The highest BCUT2D eigenvalue weighted by Gasteiger charge is 2.15. The molecule has 0 spiro atoms. The molecule has 98 valence electrons. The molecule has 0 aliphatic rings. The smallest absolute Gasteiger partial charge is 0.153 e. The summed E-state index contributed by atoms with van der Waals surface area (Å²) in [6.45, 7) is 4.07. The fraction of sp³-hybridized carbons (Fsp3) is 0.385. The number of sulfone groups is 1. The number of aromatic nitrogens is 1. The van der Waals surface area contributed by atoms with Crippen molar-refractivity contribution in [3.05, 3.63) is 30.0 Å². The molecule has 0 amide bonds. The van der Waals surface area contributed by atoms with Crippen molar-refractivity contribution in [2.24, 2.45) is 0 Å². The van der Waals surface area contributed by atoms with E-state index in [9.17, 15) is 8.42 Å². The van der Waals surface area contributed by atoms with E-state index in [-0.39, 0.29) is 11.8 Å². The Hall–Kier alpha value is -1.49. The SMILES string of the molecule is CC(C)n1c(CS(C)(=O)=O)cc2ccc(N)cc21. The van der Waals surface area contributed by atoms with E-state index in [1.54, 1.807) is 0 Å². The Bertz CT molecular complexity index is 684. The van der Waals surface area contributed by atoms with Crippen LogP contribution in [-0.4, -0.2) is 19.2 Å². The molecule has 5 heteroatoms. The van der Waals surface area contributed by atoms with Gasteiger partial charge >= 0.3 is 0 Å². The predicted molar refractivity (Wildman–Crippen MR) is 75.3 cm³/mol. The lowest BCUT2D eigenvalue weighted by molar-refractivity contribution is 0.585. The molecule has 0 bridgehead atoms. The molecule has 0 aliphatic carbocycles. The van der Waals surface area contributed by atoms with Gasteiger partial charge in [0.1, 0.15) is 0 Å². The largest absolute Gasteiger partial charge is 0.399 e. The van der Waals surface area contributed by atoms with Crippen LogP contribution in [0.1, 0.15) is 25.6 Å². The Labute approximate surface area is 107 Å². The Kier molecular flexibility index (Phi) is 3.11. The number of fused-ring (bicyclic) bond motifs is 1. The fourth-order valence-electron chi connectivity index (χ4n) is 2.28. The summed E-state index contributed by atoms with van der Waals surface area (Å²) in [4.78, 5) is 0. The standard InChI is InChI=1S/C13H18N2O2S/c1-9(2)15-12(8-18(3,16)17)6-10-4-5-11(14)7-13(10)15/h4-7,9H,8,14H2,1-3H3. The van der Waals surface area contributed by atoms with Crippen molar-refractivity contribution < 1.29 is 8.42 Å². The van der Waals surface area contributed by atoms with E-state index in [1.807, 2.05) is 42.7 Å². The summed E-state index contributed by atoms with van der Waals surface area (Å²) in [6, 6.07) is 7.77. The molecule has 0 atom stereocenters. The van der Waals surface area contributed by atoms with Gasteiger partial charge in [0.15, 0.2) is 9.84 Å². The summed E-state index contributed by atoms with van der Waals surface area (Å²) >= 11 is 0. The zero-order chi connectivity index (χ0) is 13.5. The van der Waals surface area contributed by atoms with Crippen LogP contribution in [0.15, 0.2) is 24.3 Å². The van der Waals surface area contributed by atoms with Crippen LogP contribution < -0.4 is 5.73 Å². The average molecular weight is 266 g/mol. The molecule has 0 saturated carbocycles. The predicted octanol–water partition coefficient (Wildman–Crippen LogP) is 2.35. The van der Waals surface area contributed by atoms with Crippen molar-refractivity contribution >= 4 is 26.4 Å². The summed E-state index contributed by atoms with van der Waals surface area (Å²) < 4.78 is 25.0. The molecule has 2 rings (SSSR count). The molecule has 0 unspecified atom stereocenters. The van der Waals surface area contributed by atoms with Crippen LogP contribution in [0.25, 0.3) is 10.9 Å². The lowest BCUT2D eigenvalue weighted by Gasteiger charge is -2.14. The quantitative estimate of drug-likeness (QED) is 0.867. The van der Waals surface area contributed by atoms with Crippen LogP contribution in [0.4, 0.5) is 5.69 Å². The van der Waals surface area contributed by atoms with E-state index in [0.29, 0.717) is 5.69 Å². The van der Waals surface area contributed by atoms with Gasteiger partial charge in [0.25, 0.3) is 0 Å². The topological polar surface area (TPSA) is 65.1 Å². The number of nitrogens with zero attached hydrogens (tertiary/aromatic N) is 1. The molecule has 4 nitrogen and oxygen atoms in total. The van der Waals surface area contributed by atoms with Crippen LogP contribution in [0.5, 0.6) is 0 Å². The number of anilines is 1. The van der Waals surface area contributed by atoms with E-state index in [2.05, 4.69) is 0 Å². The van der Waals surface area contributed by atoms with Gasteiger partial charge in [0.2, 0.25) is 0 Å². The number of benzene rings is 1. The number of rotatable bonds is 3. The third-order valence-corrected chi connectivity index (χ3v) is 3.69. The summed E-state index contributed by atoms with van der Waals surface area (Å²) in [6.07, 6.45) is 1.25. The second kappa shape index (κ2) is 4.31. The molecule has 1 aromatic heterocycles. The van der Waals surface area contributed by atoms with Gasteiger partial charge in [-0.25, -0.2) is 8.42 Å². The lowest BCUT2D eigenvalue weighted by Crippen LogP contribution is -2.10. The van der Waals surface area contributed by atoms with Crippen LogP contribution in [0.3, 0.4) is 0 Å². The lowest BCUT2D eigenvalue weighted by atomic mass is 10.2. The monoisotopic (exact) mass is 266 g/mol. The van der Waals surface area contributed by atoms with Crippen LogP contribution >= 0.6 is 0 Å². The van der Waals surface area contributed by atoms with Crippen molar-refractivity contribution in [1.29, 1.82) is 0 Å². The highest BCUT2D eigenvalue weighted by molar-refractivity contribution is 7.89. The van der Waals surface area contributed by atoms with Gasteiger partial charge in [-0.2, -0.15) is 0 Å². The number of nitrogens with two attached hydrogens (primary N) is 1. The first-order chi connectivity index (χ1) is 8.28. The van der Waals surface area contributed by atoms with Crippen LogP contribution in [-0.2, 0) is 15.6 Å². The highest BCUT2D eigenvalue weighted by atomic mass is 32.2. The molecule has 2 N–H and O–H groups in total. The van der Waals surface area contributed by atoms with E-state index in [1.165, 1.54) is 6.26 Å². The van der Waals surface area contributed by atoms with Gasteiger partial charge in [-0.1, -0.05) is 6.07 Å². The zero-order valence-corrected chi connectivity index (χ0v) is 11.7. The maximum Gasteiger partial charge on any atom is 0.153 e. The first-order valence-electron chi connectivity index (χ1n) is 5.85. The zero-order valence-electron chi connectivity index (χ0n) is 10.8. The Balaban J connectivity index is 2.69. The molecule has 1 heterocycles. The van der Waals surface area contributed by atoms with Gasteiger partial charge in [-0.3, -0.25) is 0 Å². The van der Waals surface area contributed by atoms with E-state index in [0.717, 1.165) is 16.6 Å². The van der Waals surface area contributed by atoms with Crippen molar-refractivity contribution in [3.63, 3.8) is 0 Å². The van der Waals surface area contributed by atoms with Crippen LogP contribution in [0, 0.1) is 0 Å². The molecular weight excluding hydrogens is 248 g/mol. The maximum absolute atomic E-state index is 11.5. The number of hydrogen-bond acceptors (Lipinski definition) is 3. The minimum Gasteiger partial charge on any atom is -0.399 e. The maximum atomic E-state index is 11.5. The summed E-state index contributed by atoms with van der Waals surface area (Å²) in [7, 11) is -3.04. The molecule has 2 aromatic rings. The Morgan fingerprint density at radius 1 is 1.28 bits per heavy atom. The van der Waals surface area contributed by atoms with E-state index in [4.69, 9.17) is 5.73 Å². The molecule has 0 fully saturated rings. The van der Waals surface area contributed by atoms with Gasteiger partial charge in [0, 0.05) is 29.1 Å². The molecule has 0 aliphatic heterocycles. The van der Waals surface area contributed by atoms with Crippen LogP contribution in [0.2, 0.25) is 0 Å². The van der Waals surface area contributed by atoms with Gasteiger partial charge in [-0.05, 0) is 32.0 Å². The third-order valence-electron chi connectivity index (χ3n) is 2.87. The minimum absolute atomic E-state index is 0.0553. The minimum atomic E-state index is -3.04. The van der Waals surface area contributed by atoms with Gasteiger partial charge < -0.3 is 10.3 Å². The van der Waals surface area contributed by atoms with E-state index < -0.39 is 9.84 Å². The fourth-order valence-corrected chi connectivity index (χ4v) is 3.04.